The molecular weight excluding hydrogens is 652 g/mol. The number of hydrogen-bond acceptors (Lipinski definition) is 19. The average Bonchev–Trinajstić information content (AvgIpc) is 3.03. The third-order valence-electron chi connectivity index (χ3n) is 8.37. The Morgan fingerprint density at radius 1 is 0.833 bits per heavy atom. The van der Waals surface area contributed by atoms with Crippen molar-refractivity contribution in [3.05, 3.63) is 0 Å². The highest BCUT2D eigenvalue weighted by Gasteiger charge is 2.53. The number of carbonyl (C=O) groups is 1. The van der Waals surface area contributed by atoms with Crippen molar-refractivity contribution in [3.8, 4) is 0 Å². The van der Waals surface area contributed by atoms with Gasteiger partial charge in [-0.25, -0.2) is 0 Å². The van der Waals surface area contributed by atoms with Crippen molar-refractivity contribution in [1.82, 2.24) is 0 Å². The molecule has 0 aliphatic carbocycles. The SMILES string of the molecule is CC(=O)OCC1OCC[C@H](O)[C@@H]1O.CC1O[C@@H](O)C(O)[C@H](O)[C@H]1O[C@@H]1OC2COC(C)(C)O[C@H]2[C@@H](O)C1O.OCC1C[C@@H](O)C(O)CO1. The zero-order valence-electron chi connectivity index (χ0n) is 27.3. The number of fused-ring (bicyclic) bond motifs is 1. The fraction of sp³-hybridized carbons (Fsp3) is 0.966. The molecular formula is C29H52O19. The maximum Gasteiger partial charge on any atom is 0.302 e. The first-order valence-electron chi connectivity index (χ1n) is 15.8. The number of hydrogen-bond donors (Lipinski definition) is 10. The van der Waals surface area contributed by atoms with Crippen LogP contribution in [-0.2, 0) is 42.7 Å². The smallest absolute Gasteiger partial charge is 0.302 e. The quantitative estimate of drug-likeness (QED) is 0.120. The summed E-state index contributed by atoms with van der Waals surface area (Å²) in [7, 11) is 0. The van der Waals surface area contributed by atoms with Gasteiger partial charge in [0.15, 0.2) is 18.4 Å². The lowest BCUT2D eigenvalue weighted by Crippen LogP contribution is -2.66. The Hall–Kier alpha value is -1.21. The molecule has 5 rings (SSSR count). The molecule has 7 unspecified atom stereocenters. The molecule has 48 heavy (non-hydrogen) atoms. The van der Waals surface area contributed by atoms with Gasteiger partial charge in [0.25, 0.3) is 0 Å². The minimum absolute atomic E-state index is 0.00639. The number of rotatable bonds is 5. The fourth-order valence-corrected chi connectivity index (χ4v) is 5.48. The van der Waals surface area contributed by atoms with E-state index >= 15 is 0 Å². The van der Waals surface area contributed by atoms with Crippen LogP contribution in [0, 0.1) is 0 Å². The molecule has 5 fully saturated rings. The molecule has 0 saturated carbocycles. The van der Waals surface area contributed by atoms with Crippen LogP contribution in [0.4, 0.5) is 0 Å². The van der Waals surface area contributed by atoms with Gasteiger partial charge in [0.1, 0.15) is 67.6 Å². The summed E-state index contributed by atoms with van der Waals surface area (Å²) in [5, 5.41) is 95.2. The average molecular weight is 705 g/mol. The first-order valence-corrected chi connectivity index (χ1v) is 15.8. The summed E-state index contributed by atoms with van der Waals surface area (Å²) >= 11 is 0. The summed E-state index contributed by atoms with van der Waals surface area (Å²) in [4.78, 5) is 10.5. The van der Waals surface area contributed by atoms with Crippen molar-refractivity contribution in [2.75, 3.05) is 33.0 Å². The van der Waals surface area contributed by atoms with Gasteiger partial charge in [0.05, 0.1) is 44.2 Å². The van der Waals surface area contributed by atoms with Crippen LogP contribution in [-0.4, -0.2) is 194 Å². The predicted octanol–water partition coefficient (Wildman–Crippen LogP) is -5.02. The molecule has 19 nitrogen and oxygen atoms in total. The third-order valence-corrected chi connectivity index (χ3v) is 8.37. The van der Waals surface area contributed by atoms with E-state index < -0.39 is 104 Å². The van der Waals surface area contributed by atoms with Gasteiger partial charge in [-0.05, 0) is 27.2 Å². The molecule has 0 bridgehead atoms. The van der Waals surface area contributed by atoms with Crippen molar-refractivity contribution in [2.24, 2.45) is 0 Å². The number of aliphatic hydroxyl groups is 10. The molecule has 5 aliphatic heterocycles. The summed E-state index contributed by atoms with van der Waals surface area (Å²) in [6, 6.07) is 0. The lowest BCUT2D eigenvalue weighted by molar-refractivity contribution is -0.396. The lowest BCUT2D eigenvalue weighted by atomic mass is 9.96. The third kappa shape index (κ3) is 11.1. The summed E-state index contributed by atoms with van der Waals surface area (Å²) < 4.78 is 42.1. The molecule has 0 amide bonds. The standard InChI is InChI=1S/C15H26O10.C8H14O5.C6H12O4/c1-5-11(7(16)9(18)13(20)22-5)24-14-10(19)8(17)12-6(23-14)4-21-15(2,3)25-12;1-5(9)13-4-7-8(11)6(10)2-3-12-7;7-2-4-1-5(8)6(9)3-10-4/h5-14,16-20H,4H2,1-3H3;6-8,10-11H,2-4H2,1H3;4-9H,1-3H2/t5?,6?,7-,8-,9?,10?,11-,12+,13+,14-;6-,7?,8-;4?,5-,6?/m001/s1. The van der Waals surface area contributed by atoms with Gasteiger partial charge in [-0.2, -0.15) is 0 Å². The van der Waals surface area contributed by atoms with Gasteiger partial charge in [-0.15, -0.1) is 0 Å². The van der Waals surface area contributed by atoms with Gasteiger partial charge >= 0.3 is 5.97 Å². The van der Waals surface area contributed by atoms with Crippen LogP contribution in [0.3, 0.4) is 0 Å². The normalized spacial score (nSPS) is 45.7. The highest BCUT2D eigenvalue weighted by Crippen LogP contribution is 2.34. The molecule has 282 valence electrons. The number of carbonyl (C=O) groups excluding carboxylic acids is 1. The van der Waals surface area contributed by atoms with Gasteiger partial charge in [-0.3, -0.25) is 4.79 Å². The Kier molecular flexibility index (Phi) is 15.7. The Morgan fingerprint density at radius 3 is 2.15 bits per heavy atom. The first-order chi connectivity index (χ1) is 22.4. The summed E-state index contributed by atoms with van der Waals surface area (Å²) in [5.74, 6) is -1.34. The zero-order valence-corrected chi connectivity index (χ0v) is 27.3. The Bertz CT molecular complexity index is 971. The van der Waals surface area contributed by atoms with Crippen molar-refractivity contribution in [2.45, 2.75) is 144 Å². The molecule has 0 spiro atoms. The topological polar surface area (TPSA) is 293 Å². The van der Waals surface area contributed by atoms with Crippen LogP contribution < -0.4 is 0 Å². The molecule has 0 aromatic rings. The number of esters is 1. The van der Waals surface area contributed by atoms with E-state index in [0.717, 1.165) is 0 Å². The van der Waals surface area contributed by atoms with Crippen LogP contribution in [0.5, 0.6) is 0 Å². The molecule has 0 aromatic heterocycles. The van der Waals surface area contributed by atoms with E-state index in [9.17, 15) is 40.5 Å². The van der Waals surface area contributed by atoms with E-state index in [2.05, 4.69) is 4.74 Å². The van der Waals surface area contributed by atoms with E-state index in [-0.39, 0.29) is 32.5 Å². The van der Waals surface area contributed by atoms with Gasteiger partial charge < -0.3 is 89.0 Å². The summed E-state index contributed by atoms with van der Waals surface area (Å²) in [6.45, 7) is 6.72. The predicted molar refractivity (Wildman–Crippen MR) is 155 cm³/mol. The number of aliphatic hydroxyl groups excluding tert-OH is 10. The second kappa shape index (κ2) is 18.3. The number of ether oxygens (including phenoxy) is 8. The molecule has 5 saturated heterocycles. The Balaban J connectivity index is 0.000000226. The summed E-state index contributed by atoms with van der Waals surface area (Å²) in [5.41, 5.74) is 0. The Labute approximate surface area is 277 Å². The fourth-order valence-electron chi connectivity index (χ4n) is 5.48. The highest BCUT2D eigenvalue weighted by molar-refractivity contribution is 5.65. The monoisotopic (exact) mass is 704 g/mol. The lowest BCUT2D eigenvalue weighted by Gasteiger charge is -2.50. The molecule has 10 N–H and O–H groups in total. The largest absolute Gasteiger partial charge is 0.463 e. The zero-order chi connectivity index (χ0) is 35.9. The van der Waals surface area contributed by atoms with Gasteiger partial charge in [0.2, 0.25) is 0 Å². The van der Waals surface area contributed by atoms with E-state index in [0.29, 0.717) is 19.4 Å². The van der Waals surface area contributed by atoms with Crippen LogP contribution >= 0.6 is 0 Å². The van der Waals surface area contributed by atoms with Crippen LogP contribution in [0.15, 0.2) is 0 Å². The molecule has 0 radical (unpaired) electrons. The van der Waals surface area contributed by atoms with E-state index in [4.69, 9.17) is 48.5 Å². The van der Waals surface area contributed by atoms with Gasteiger partial charge in [-0.1, -0.05) is 0 Å². The molecule has 5 heterocycles. The minimum atomic E-state index is -1.57. The van der Waals surface area contributed by atoms with E-state index in [1.54, 1.807) is 13.8 Å². The molecule has 19 heteroatoms. The second-order valence-corrected chi connectivity index (χ2v) is 12.7. The molecule has 16 atom stereocenters. The van der Waals surface area contributed by atoms with Crippen LogP contribution in [0.25, 0.3) is 0 Å². The molecule has 5 aliphatic rings. The first kappa shape index (κ1) is 41.2. The maximum absolute atomic E-state index is 10.5. The van der Waals surface area contributed by atoms with Gasteiger partial charge in [0, 0.05) is 20.0 Å². The van der Waals surface area contributed by atoms with E-state index in [1.165, 1.54) is 13.8 Å². The van der Waals surface area contributed by atoms with Crippen molar-refractivity contribution >= 4 is 5.97 Å². The Morgan fingerprint density at radius 2 is 1.52 bits per heavy atom. The van der Waals surface area contributed by atoms with Crippen LogP contribution in [0.1, 0.15) is 40.5 Å². The van der Waals surface area contributed by atoms with Crippen LogP contribution in [0.2, 0.25) is 0 Å². The van der Waals surface area contributed by atoms with Crippen molar-refractivity contribution < 1.29 is 93.8 Å². The van der Waals surface area contributed by atoms with E-state index in [1.807, 2.05) is 0 Å². The summed E-state index contributed by atoms with van der Waals surface area (Å²) in [6.07, 6.45) is -15.4. The highest BCUT2D eigenvalue weighted by atomic mass is 16.8. The maximum atomic E-state index is 10.5. The van der Waals surface area contributed by atoms with Crippen molar-refractivity contribution in [1.29, 1.82) is 0 Å². The molecule has 0 aromatic carbocycles. The minimum Gasteiger partial charge on any atom is -0.463 e. The second-order valence-electron chi connectivity index (χ2n) is 12.7. The van der Waals surface area contributed by atoms with Crippen molar-refractivity contribution in [3.63, 3.8) is 0 Å².